The molecular weight excluding hydrogens is 162 g/mol. The van der Waals surface area contributed by atoms with Crippen molar-refractivity contribution >= 4 is 17.7 Å². The number of carboxylic acids is 1. The summed E-state index contributed by atoms with van der Waals surface area (Å²) in [5.41, 5.74) is -2.77. The SMILES string of the molecule is O=C(O)C1(F)CSC=C1F. The van der Waals surface area contributed by atoms with Crippen molar-refractivity contribution in [3.63, 3.8) is 0 Å². The van der Waals surface area contributed by atoms with Crippen LogP contribution in [0.4, 0.5) is 8.78 Å². The molecule has 2 nitrogen and oxygen atoms in total. The fourth-order valence-corrected chi connectivity index (χ4v) is 1.46. The van der Waals surface area contributed by atoms with Gasteiger partial charge in [0, 0.05) is 11.2 Å². The predicted octanol–water partition coefficient (Wildman–Crippen LogP) is 1.34. The zero-order valence-corrected chi connectivity index (χ0v) is 5.62. The van der Waals surface area contributed by atoms with E-state index >= 15 is 0 Å². The van der Waals surface area contributed by atoms with E-state index in [1.54, 1.807) is 0 Å². The van der Waals surface area contributed by atoms with Gasteiger partial charge in [0.1, 0.15) is 0 Å². The number of aliphatic carboxylic acids is 1. The Kier molecular flexibility index (Phi) is 1.68. The van der Waals surface area contributed by atoms with Gasteiger partial charge in [-0.25, -0.2) is 13.6 Å². The van der Waals surface area contributed by atoms with Crippen LogP contribution in [0.1, 0.15) is 0 Å². The number of alkyl halides is 1. The van der Waals surface area contributed by atoms with E-state index in [0.717, 1.165) is 17.2 Å². The quantitative estimate of drug-likeness (QED) is 0.638. The van der Waals surface area contributed by atoms with Gasteiger partial charge in [0.15, 0.2) is 5.83 Å². The van der Waals surface area contributed by atoms with Crippen LogP contribution in [-0.4, -0.2) is 22.5 Å². The van der Waals surface area contributed by atoms with Gasteiger partial charge in [-0.05, 0) is 0 Å². The van der Waals surface area contributed by atoms with E-state index in [1.165, 1.54) is 0 Å². The summed E-state index contributed by atoms with van der Waals surface area (Å²) in [5, 5.41) is 9.06. The first-order chi connectivity index (χ1) is 4.57. The maximum Gasteiger partial charge on any atom is 0.349 e. The highest BCUT2D eigenvalue weighted by Gasteiger charge is 2.47. The molecule has 1 unspecified atom stereocenters. The highest BCUT2D eigenvalue weighted by Crippen LogP contribution is 2.36. The molecule has 1 rings (SSSR count). The van der Waals surface area contributed by atoms with Crippen molar-refractivity contribution < 1.29 is 18.7 Å². The van der Waals surface area contributed by atoms with Crippen LogP contribution in [-0.2, 0) is 4.79 Å². The lowest BCUT2D eigenvalue weighted by Gasteiger charge is -2.10. The van der Waals surface area contributed by atoms with Crippen molar-refractivity contribution in [1.82, 2.24) is 0 Å². The number of thioether (sulfide) groups is 1. The Hall–Kier alpha value is -0.580. The standard InChI is InChI=1S/C5H4F2O2S/c6-3-1-10-2-5(3,7)4(8)9/h1H,2H2,(H,8,9). The molecule has 0 saturated heterocycles. The summed E-state index contributed by atoms with van der Waals surface area (Å²) >= 11 is 0.825. The maximum atomic E-state index is 12.8. The number of hydrogen-bond acceptors (Lipinski definition) is 2. The van der Waals surface area contributed by atoms with Crippen molar-refractivity contribution in [2.75, 3.05) is 5.75 Å². The van der Waals surface area contributed by atoms with Crippen LogP contribution < -0.4 is 0 Å². The monoisotopic (exact) mass is 166 g/mol. The van der Waals surface area contributed by atoms with Crippen molar-refractivity contribution in [2.24, 2.45) is 0 Å². The molecule has 0 spiro atoms. The van der Waals surface area contributed by atoms with Crippen molar-refractivity contribution in [3.05, 3.63) is 11.2 Å². The number of hydrogen-bond donors (Lipinski definition) is 1. The minimum atomic E-state index is -2.77. The molecule has 0 fully saturated rings. The van der Waals surface area contributed by atoms with Gasteiger partial charge >= 0.3 is 5.97 Å². The zero-order valence-electron chi connectivity index (χ0n) is 4.80. The first-order valence-corrected chi connectivity index (χ1v) is 3.52. The summed E-state index contributed by atoms with van der Waals surface area (Å²) in [4.78, 5) is 10.1. The molecule has 5 heteroatoms. The van der Waals surface area contributed by atoms with Gasteiger partial charge in [0.25, 0.3) is 5.67 Å². The highest BCUT2D eigenvalue weighted by atomic mass is 32.2. The van der Waals surface area contributed by atoms with Crippen LogP contribution in [0.25, 0.3) is 0 Å². The van der Waals surface area contributed by atoms with Gasteiger partial charge < -0.3 is 5.11 Å². The van der Waals surface area contributed by atoms with Crippen LogP contribution in [0, 0.1) is 0 Å². The second-order valence-electron chi connectivity index (χ2n) is 1.88. The second-order valence-corrected chi connectivity index (χ2v) is 2.74. The molecule has 56 valence electrons. The van der Waals surface area contributed by atoms with Crippen LogP contribution in [0.2, 0.25) is 0 Å². The Morgan fingerprint density at radius 2 is 2.50 bits per heavy atom. The maximum absolute atomic E-state index is 12.8. The molecule has 0 aromatic heterocycles. The molecule has 1 aliphatic heterocycles. The summed E-state index contributed by atoms with van der Waals surface area (Å²) in [7, 11) is 0. The molecule has 0 radical (unpaired) electrons. The Labute approximate surface area is 59.9 Å². The molecule has 0 aromatic carbocycles. The average molecular weight is 166 g/mol. The molecule has 1 N–H and O–H groups in total. The normalized spacial score (nSPS) is 32.0. The first-order valence-electron chi connectivity index (χ1n) is 2.47. The summed E-state index contributed by atoms with van der Waals surface area (Å²) in [6.45, 7) is 0. The van der Waals surface area contributed by atoms with E-state index in [4.69, 9.17) is 5.11 Å². The van der Waals surface area contributed by atoms with Gasteiger partial charge in [0.2, 0.25) is 0 Å². The van der Waals surface area contributed by atoms with Crippen LogP contribution in [0.3, 0.4) is 0 Å². The zero-order chi connectivity index (χ0) is 7.78. The largest absolute Gasteiger partial charge is 0.479 e. The lowest BCUT2D eigenvalue weighted by atomic mass is 10.1. The van der Waals surface area contributed by atoms with Gasteiger partial charge in [-0.2, -0.15) is 0 Å². The molecule has 0 bridgehead atoms. The Bertz CT molecular complexity index is 204. The van der Waals surface area contributed by atoms with Gasteiger partial charge in [-0.15, -0.1) is 11.8 Å². The molecule has 1 heterocycles. The van der Waals surface area contributed by atoms with E-state index in [2.05, 4.69) is 0 Å². The molecule has 0 aromatic rings. The van der Waals surface area contributed by atoms with Crippen LogP contribution in [0.5, 0.6) is 0 Å². The second kappa shape index (κ2) is 2.23. The van der Waals surface area contributed by atoms with Gasteiger partial charge in [-0.1, -0.05) is 0 Å². The average Bonchev–Trinajstić information content (AvgIpc) is 2.15. The van der Waals surface area contributed by atoms with Gasteiger partial charge in [0.05, 0.1) is 0 Å². The molecule has 0 amide bonds. The number of carbonyl (C=O) groups is 1. The lowest BCUT2D eigenvalue weighted by Crippen LogP contribution is -2.34. The third-order valence-corrected chi connectivity index (χ3v) is 2.12. The van der Waals surface area contributed by atoms with Crippen molar-refractivity contribution in [2.45, 2.75) is 5.67 Å². The summed E-state index contributed by atoms with van der Waals surface area (Å²) in [5.74, 6) is -3.33. The number of rotatable bonds is 1. The molecular formula is C5H4F2O2S. The van der Waals surface area contributed by atoms with E-state index in [0.29, 0.717) is 0 Å². The fourth-order valence-electron chi connectivity index (χ4n) is 0.556. The van der Waals surface area contributed by atoms with Crippen LogP contribution in [0.15, 0.2) is 11.2 Å². The predicted molar refractivity (Wildman–Crippen MR) is 33.1 cm³/mol. The third-order valence-electron chi connectivity index (χ3n) is 1.19. The number of carboxylic acid groups (broad SMARTS) is 1. The number of halogens is 2. The van der Waals surface area contributed by atoms with E-state index in [1.807, 2.05) is 0 Å². The van der Waals surface area contributed by atoms with Crippen molar-refractivity contribution in [1.29, 1.82) is 0 Å². The molecule has 0 saturated carbocycles. The fraction of sp³-hybridized carbons (Fsp3) is 0.400. The molecule has 0 aliphatic carbocycles. The third kappa shape index (κ3) is 0.901. The van der Waals surface area contributed by atoms with E-state index < -0.39 is 17.5 Å². The lowest BCUT2D eigenvalue weighted by molar-refractivity contribution is -0.147. The van der Waals surface area contributed by atoms with E-state index in [9.17, 15) is 13.6 Å². The topological polar surface area (TPSA) is 37.3 Å². The summed E-state index contributed by atoms with van der Waals surface area (Å²) < 4.78 is 25.1. The summed E-state index contributed by atoms with van der Waals surface area (Å²) in [6.07, 6.45) is 0. The van der Waals surface area contributed by atoms with Gasteiger partial charge in [-0.3, -0.25) is 0 Å². The Morgan fingerprint density at radius 3 is 2.70 bits per heavy atom. The smallest absolute Gasteiger partial charge is 0.349 e. The Morgan fingerprint density at radius 1 is 1.90 bits per heavy atom. The van der Waals surface area contributed by atoms with E-state index in [-0.39, 0.29) is 5.75 Å². The minimum Gasteiger partial charge on any atom is -0.479 e. The molecule has 10 heavy (non-hydrogen) atoms. The van der Waals surface area contributed by atoms with Crippen molar-refractivity contribution in [3.8, 4) is 0 Å². The van der Waals surface area contributed by atoms with Crippen LogP contribution >= 0.6 is 11.8 Å². The first kappa shape index (κ1) is 7.53. The molecule has 1 aliphatic rings. The molecule has 1 atom stereocenters. The summed E-state index contributed by atoms with van der Waals surface area (Å²) in [6, 6.07) is 0. The minimum absolute atomic E-state index is 0.367. The Balaban J connectivity index is 2.89. The highest BCUT2D eigenvalue weighted by molar-refractivity contribution is 8.02.